The number of amides is 1. The van der Waals surface area contributed by atoms with Crippen molar-refractivity contribution in [3.05, 3.63) is 0 Å². The van der Waals surface area contributed by atoms with Gasteiger partial charge in [0.2, 0.25) is 5.91 Å². The van der Waals surface area contributed by atoms with Gasteiger partial charge in [0.05, 0.1) is 4.99 Å². The molecule has 0 radical (unpaired) electrons. The molecular weight excluding hydrogens is 196 g/mol. The van der Waals surface area contributed by atoms with Crippen molar-refractivity contribution in [1.82, 2.24) is 4.90 Å². The van der Waals surface area contributed by atoms with E-state index in [-0.39, 0.29) is 11.8 Å². The summed E-state index contributed by atoms with van der Waals surface area (Å²) in [7, 11) is 1.79. The van der Waals surface area contributed by atoms with Crippen LogP contribution in [0, 0.1) is 11.8 Å². The maximum atomic E-state index is 11.6. The first kappa shape index (κ1) is 13.4. The van der Waals surface area contributed by atoms with Crippen LogP contribution < -0.4 is 5.73 Å². The average molecular weight is 216 g/mol. The van der Waals surface area contributed by atoms with Crippen LogP contribution in [0.15, 0.2) is 0 Å². The highest BCUT2D eigenvalue weighted by Crippen LogP contribution is 2.05. The highest BCUT2D eigenvalue weighted by Gasteiger charge is 2.14. The van der Waals surface area contributed by atoms with E-state index < -0.39 is 0 Å². The molecule has 3 nitrogen and oxygen atoms in total. The van der Waals surface area contributed by atoms with Gasteiger partial charge in [-0.05, 0) is 5.92 Å². The second-order valence-corrected chi connectivity index (χ2v) is 4.65. The van der Waals surface area contributed by atoms with Crippen molar-refractivity contribution >= 4 is 23.1 Å². The van der Waals surface area contributed by atoms with E-state index in [1.54, 1.807) is 11.9 Å². The van der Waals surface area contributed by atoms with Gasteiger partial charge >= 0.3 is 0 Å². The molecule has 0 rings (SSSR count). The van der Waals surface area contributed by atoms with E-state index in [4.69, 9.17) is 18.0 Å². The maximum absolute atomic E-state index is 11.6. The number of carbonyl (C=O) groups excluding carboxylic acids is 1. The molecule has 0 saturated heterocycles. The third kappa shape index (κ3) is 5.17. The topological polar surface area (TPSA) is 46.3 Å². The van der Waals surface area contributed by atoms with Gasteiger partial charge in [0.1, 0.15) is 0 Å². The van der Waals surface area contributed by atoms with Crippen LogP contribution >= 0.6 is 12.2 Å². The summed E-state index contributed by atoms with van der Waals surface area (Å²) < 4.78 is 0. The van der Waals surface area contributed by atoms with Gasteiger partial charge in [0.15, 0.2) is 0 Å². The molecule has 14 heavy (non-hydrogen) atoms. The Labute approximate surface area is 91.6 Å². The summed E-state index contributed by atoms with van der Waals surface area (Å²) in [6.45, 7) is 6.61. The highest BCUT2D eigenvalue weighted by molar-refractivity contribution is 7.80. The molecule has 0 bridgehead atoms. The molecule has 1 unspecified atom stereocenters. The third-order valence-corrected chi connectivity index (χ3v) is 2.44. The number of carbonyl (C=O) groups is 1. The van der Waals surface area contributed by atoms with E-state index in [9.17, 15) is 4.79 Å². The largest absolute Gasteiger partial charge is 0.393 e. The SMILES string of the molecule is CC(C)CC(=O)N(C)CC(C)C(N)=S. The fraction of sp³-hybridized carbons (Fsp3) is 0.800. The Kier molecular flexibility index (Phi) is 5.69. The minimum atomic E-state index is 0.0890. The van der Waals surface area contributed by atoms with Crippen LogP contribution in [-0.2, 0) is 4.79 Å². The first-order valence-corrected chi connectivity index (χ1v) is 5.28. The predicted molar refractivity (Wildman–Crippen MR) is 63.0 cm³/mol. The smallest absolute Gasteiger partial charge is 0.222 e. The molecule has 0 aliphatic rings. The van der Waals surface area contributed by atoms with Crippen LogP contribution in [0.2, 0.25) is 0 Å². The summed E-state index contributed by atoms with van der Waals surface area (Å²) in [5, 5.41) is 0. The predicted octanol–water partition coefficient (Wildman–Crippen LogP) is 1.41. The molecule has 1 atom stereocenters. The lowest BCUT2D eigenvalue weighted by atomic mass is 10.1. The Balaban J connectivity index is 4.01. The fourth-order valence-electron chi connectivity index (χ4n) is 1.11. The lowest BCUT2D eigenvalue weighted by Crippen LogP contribution is -2.35. The van der Waals surface area contributed by atoms with E-state index in [0.717, 1.165) is 0 Å². The number of nitrogens with zero attached hydrogens (tertiary/aromatic N) is 1. The monoisotopic (exact) mass is 216 g/mol. The molecule has 1 amide bonds. The Bertz CT molecular complexity index is 216. The van der Waals surface area contributed by atoms with Crippen LogP contribution in [0.3, 0.4) is 0 Å². The van der Waals surface area contributed by atoms with Crippen molar-refractivity contribution < 1.29 is 4.79 Å². The quantitative estimate of drug-likeness (QED) is 0.707. The molecule has 0 aliphatic heterocycles. The van der Waals surface area contributed by atoms with E-state index in [2.05, 4.69) is 0 Å². The molecular formula is C10H20N2OS. The first-order valence-electron chi connectivity index (χ1n) is 4.87. The van der Waals surface area contributed by atoms with E-state index in [1.165, 1.54) is 0 Å². The van der Waals surface area contributed by atoms with Gasteiger partial charge < -0.3 is 10.6 Å². The minimum Gasteiger partial charge on any atom is -0.393 e. The third-order valence-electron chi connectivity index (χ3n) is 2.04. The van der Waals surface area contributed by atoms with Crippen molar-refractivity contribution in [1.29, 1.82) is 0 Å². The number of hydrogen-bond acceptors (Lipinski definition) is 2. The zero-order valence-electron chi connectivity index (χ0n) is 9.41. The normalized spacial score (nSPS) is 12.6. The second kappa shape index (κ2) is 5.96. The zero-order valence-corrected chi connectivity index (χ0v) is 10.2. The van der Waals surface area contributed by atoms with Gasteiger partial charge in [-0.3, -0.25) is 4.79 Å². The summed E-state index contributed by atoms with van der Waals surface area (Å²) in [6.07, 6.45) is 0.584. The van der Waals surface area contributed by atoms with Crippen LogP contribution in [0.5, 0.6) is 0 Å². The maximum Gasteiger partial charge on any atom is 0.222 e. The second-order valence-electron chi connectivity index (χ2n) is 4.18. The van der Waals surface area contributed by atoms with Crippen molar-refractivity contribution in [3.8, 4) is 0 Å². The molecule has 2 N–H and O–H groups in total. The molecule has 0 heterocycles. The van der Waals surface area contributed by atoms with Crippen LogP contribution in [0.25, 0.3) is 0 Å². The molecule has 0 aromatic heterocycles. The van der Waals surface area contributed by atoms with Gasteiger partial charge in [-0.25, -0.2) is 0 Å². The van der Waals surface area contributed by atoms with E-state index in [1.807, 2.05) is 20.8 Å². The number of thiocarbonyl (C=S) groups is 1. The molecule has 0 aliphatic carbocycles. The zero-order chi connectivity index (χ0) is 11.3. The molecule has 0 aromatic rings. The van der Waals surface area contributed by atoms with E-state index in [0.29, 0.717) is 23.9 Å². The molecule has 82 valence electrons. The average Bonchev–Trinajstić information content (AvgIpc) is 2.02. The Morgan fingerprint density at radius 3 is 2.29 bits per heavy atom. The molecule has 0 aromatic carbocycles. The molecule has 0 spiro atoms. The number of nitrogens with two attached hydrogens (primary N) is 1. The summed E-state index contributed by atoms with van der Waals surface area (Å²) >= 11 is 4.85. The molecule has 0 saturated carbocycles. The van der Waals surface area contributed by atoms with Crippen molar-refractivity contribution in [2.45, 2.75) is 27.2 Å². The van der Waals surface area contributed by atoms with Gasteiger partial charge in [-0.2, -0.15) is 0 Å². The fourth-order valence-corrected chi connectivity index (χ4v) is 1.18. The van der Waals surface area contributed by atoms with Crippen LogP contribution in [0.4, 0.5) is 0 Å². The first-order chi connectivity index (χ1) is 6.34. The lowest BCUT2D eigenvalue weighted by Gasteiger charge is -2.21. The van der Waals surface area contributed by atoms with Gasteiger partial charge in [0.25, 0.3) is 0 Å². The summed E-state index contributed by atoms with van der Waals surface area (Å²) in [5.74, 6) is 0.638. The highest BCUT2D eigenvalue weighted by atomic mass is 32.1. The van der Waals surface area contributed by atoms with Crippen molar-refractivity contribution in [3.63, 3.8) is 0 Å². The Morgan fingerprint density at radius 2 is 1.93 bits per heavy atom. The van der Waals surface area contributed by atoms with Crippen molar-refractivity contribution in [2.24, 2.45) is 17.6 Å². The Morgan fingerprint density at radius 1 is 1.43 bits per heavy atom. The molecule has 4 heteroatoms. The minimum absolute atomic E-state index is 0.0890. The summed E-state index contributed by atoms with van der Waals surface area (Å²) in [4.78, 5) is 13.7. The summed E-state index contributed by atoms with van der Waals surface area (Å²) in [6, 6.07) is 0. The van der Waals surface area contributed by atoms with Crippen LogP contribution in [0.1, 0.15) is 27.2 Å². The number of rotatable bonds is 5. The lowest BCUT2D eigenvalue weighted by molar-refractivity contribution is -0.130. The van der Waals surface area contributed by atoms with Gasteiger partial charge in [-0.1, -0.05) is 33.0 Å². The van der Waals surface area contributed by atoms with E-state index >= 15 is 0 Å². The van der Waals surface area contributed by atoms with Gasteiger partial charge in [0, 0.05) is 25.9 Å². The Hall–Kier alpha value is -0.640. The standard InChI is InChI=1S/C10H20N2OS/c1-7(2)5-9(13)12(4)6-8(3)10(11)14/h7-8H,5-6H2,1-4H3,(H2,11,14). The molecule has 0 fully saturated rings. The van der Waals surface area contributed by atoms with Crippen LogP contribution in [-0.4, -0.2) is 29.4 Å². The van der Waals surface area contributed by atoms with Gasteiger partial charge in [-0.15, -0.1) is 0 Å². The number of hydrogen-bond donors (Lipinski definition) is 1. The van der Waals surface area contributed by atoms with Crippen molar-refractivity contribution in [2.75, 3.05) is 13.6 Å². The summed E-state index contributed by atoms with van der Waals surface area (Å²) in [5.41, 5.74) is 5.48.